The molecular formula is C41H44Hf. The molecule has 0 N–H and O–H groups in total. The molecule has 0 saturated heterocycles. The maximum Gasteiger partial charge on any atom is 4.00 e. The zero-order valence-corrected chi connectivity index (χ0v) is 29.8. The van der Waals surface area contributed by atoms with Crippen LogP contribution in [-0.4, -0.2) is 0 Å². The topological polar surface area (TPSA) is 0 Å². The monoisotopic (exact) mass is 716 g/mol. The quantitative estimate of drug-likeness (QED) is 0.109. The van der Waals surface area contributed by atoms with Gasteiger partial charge in [-0.1, -0.05) is 99.5 Å². The van der Waals surface area contributed by atoms with E-state index < -0.39 is 0 Å². The SMILES string of the molecule is CCc1ccccc1-c1cccc2[cH-]c(C(CC)(CC)c3cc4c(-c5ccccc5CC)cccc4[cH-]3)cc12.[CH3-].[CH3-].[Hf+4]. The second kappa shape index (κ2) is 14.0. The largest absolute Gasteiger partial charge is 4.00 e. The molecule has 0 aliphatic carbocycles. The van der Waals surface area contributed by atoms with Crippen molar-refractivity contribution in [3.8, 4) is 22.3 Å². The summed E-state index contributed by atoms with van der Waals surface area (Å²) in [4.78, 5) is 0. The number of benzene rings is 4. The van der Waals surface area contributed by atoms with Gasteiger partial charge in [0.05, 0.1) is 0 Å². The normalized spacial score (nSPS) is 11.1. The first-order valence-electron chi connectivity index (χ1n) is 14.7. The van der Waals surface area contributed by atoms with E-state index in [4.69, 9.17) is 0 Å². The molecule has 42 heavy (non-hydrogen) atoms. The van der Waals surface area contributed by atoms with Crippen molar-refractivity contribution in [2.45, 2.75) is 58.8 Å². The van der Waals surface area contributed by atoms with Crippen LogP contribution in [0.3, 0.4) is 0 Å². The van der Waals surface area contributed by atoms with Gasteiger partial charge in [-0.05, 0) is 53.4 Å². The predicted octanol–water partition coefficient (Wildman–Crippen LogP) is 11.9. The van der Waals surface area contributed by atoms with Gasteiger partial charge in [0.25, 0.3) is 0 Å². The average Bonchev–Trinajstić information content (AvgIpc) is 3.63. The number of aryl methyl sites for hydroxylation is 2. The summed E-state index contributed by atoms with van der Waals surface area (Å²) in [5.74, 6) is 0. The molecule has 6 aromatic rings. The Balaban J connectivity index is 0.00000161. The third-order valence-electron chi connectivity index (χ3n) is 9.19. The van der Waals surface area contributed by atoms with Gasteiger partial charge < -0.3 is 14.9 Å². The molecule has 0 aliphatic heterocycles. The maximum atomic E-state index is 2.50. The van der Waals surface area contributed by atoms with E-state index in [1.165, 1.54) is 66.1 Å². The molecule has 0 amide bonds. The minimum Gasteiger partial charge on any atom is -0.358 e. The Hall–Kier alpha value is -3.03. The van der Waals surface area contributed by atoms with Crippen LogP contribution in [0.1, 0.15) is 62.8 Å². The zero-order chi connectivity index (χ0) is 27.0. The molecule has 0 spiro atoms. The second-order valence-electron chi connectivity index (χ2n) is 10.9. The first-order chi connectivity index (χ1) is 19.1. The van der Waals surface area contributed by atoms with Crippen molar-refractivity contribution < 1.29 is 25.8 Å². The molecule has 0 unspecified atom stereocenters. The Morgan fingerprint density at radius 1 is 0.500 bits per heavy atom. The van der Waals surface area contributed by atoms with Crippen LogP contribution in [-0.2, 0) is 44.1 Å². The van der Waals surface area contributed by atoms with E-state index in [0.29, 0.717) is 0 Å². The van der Waals surface area contributed by atoms with Gasteiger partial charge in [-0.2, -0.15) is 12.1 Å². The minimum atomic E-state index is -0.0267. The van der Waals surface area contributed by atoms with E-state index in [0.717, 1.165) is 25.7 Å². The molecule has 0 radical (unpaired) electrons. The molecule has 0 fully saturated rings. The van der Waals surface area contributed by atoms with Crippen molar-refractivity contribution in [2.24, 2.45) is 0 Å². The van der Waals surface area contributed by atoms with E-state index in [2.05, 4.69) is 137 Å². The Bertz CT molecular complexity index is 1630. The summed E-state index contributed by atoms with van der Waals surface area (Å²) in [6, 6.07) is 41.3. The third kappa shape index (κ3) is 5.53. The van der Waals surface area contributed by atoms with E-state index in [-0.39, 0.29) is 46.1 Å². The fourth-order valence-corrected chi connectivity index (χ4v) is 6.91. The molecule has 6 rings (SSSR count). The molecular weight excluding hydrogens is 671 g/mol. The van der Waals surface area contributed by atoms with Crippen LogP contribution >= 0.6 is 0 Å². The average molecular weight is 715 g/mol. The Labute approximate surface area is 273 Å². The predicted molar refractivity (Wildman–Crippen MR) is 183 cm³/mol. The Kier molecular flexibility index (Phi) is 11.1. The van der Waals surface area contributed by atoms with E-state index in [1.807, 2.05) is 0 Å². The number of rotatable bonds is 8. The molecule has 212 valence electrons. The van der Waals surface area contributed by atoms with Gasteiger partial charge in [-0.15, -0.1) is 69.1 Å². The van der Waals surface area contributed by atoms with E-state index in [9.17, 15) is 0 Å². The Morgan fingerprint density at radius 3 is 1.26 bits per heavy atom. The summed E-state index contributed by atoms with van der Waals surface area (Å²) in [5, 5.41) is 5.42. The molecule has 0 saturated carbocycles. The summed E-state index contributed by atoms with van der Waals surface area (Å²) in [5.41, 5.74) is 11.1. The van der Waals surface area contributed by atoms with Crippen molar-refractivity contribution >= 4 is 21.5 Å². The van der Waals surface area contributed by atoms with Gasteiger partial charge in [0.15, 0.2) is 0 Å². The first kappa shape index (κ1) is 33.5. The summed E-state index contributed by atoms with van der Waals surface area (Å²) in [6.07, 6.45) is 4.21. The van der Waals surface area contributed by atoms with Crippen LogP contribution in [0.5, 0.6) is 0 Å². The van der Waals surface area contributed by atoms with Crippen LogP contribution in [0.4, 0.5) is 0 Å². The Morgan fingerprint density at radius 2 is 0.881 bits per heavy atom. The summed E-state index contributed by atoms with van der Waals surface area (Å²) < 4.78 is 0. The summed E-state index contributed by atoms with van der Waals surface area (Å²) in [7, 11) is 0. The molecule has 0 heterocycles. The minimum absolute atomic E-state index is 0. The third-order valence-corrected chi connectivity index (χ3v) is 9.19. The van der Waals surface area contributed by atoms with Gasteiger partial charge in [-0.25, -0.2) is 0 Å². The second-order valence-corrected chi connectivity index (χ2v) is 10.9. The van der Waals surface area contributed by atoms with Gasteiger partial charge in [0.2, 0.25) is 0 Å². The number of fused-ring (bicyclic) bond motifs is 2. The van der Waals surface area contributed by atoms with Gasteiger partial charge >= 0.3 is 25.8 Å². The van der Waals surface area contributed by atoms with Crippen LogP contribution in [0, 0.1) is 14.9 Å². The summed E-state index contributed by atoms with van der Waals surface area (Å²) >= 11 is 0. The van der Waals surface area contributed by atoms with Crippen molar-refractivity contribution in [3.05, 3.63) is 146 Å². The molecule has 6 aromatic carbocycles. The number of hydrogen-bond donors (Lipinski definition) is 0. The fourth-order valence-electron chi connectivity index (χ4n) is 6.91. The van der Waals surface area contributed by atoms with Crippen molar-refractivity contribution in [1.29, 1.82) is 0 Å². The number of hydrogen-bond acceptors (Lipinski definition) is 0. The van der Waals surface area contributed by atoms with Gasteiger partial charge in [0.1, 0.15) is 0 Å². The van der Waals surface area contributed by atoms with Crippen LogP contribution in [0.25, 0.3) is 43.8 Å². The summed E-state index contributed by atoms with van der Waals surface area (Å²) in [6.45, 7) is 9.22. The maximum absolute atomic E-state index is 2.50. The smallest absolute Gasteiger partial charge is 0.358 e. The molecule has 0 bridgehead atoms. The fraction of sp³-hybridized carbons (Fsp3) is 0.220. The van der Waals surface area contributed by atoms with Crippen molar-refractivity contribution in [2.75, 3.05) is 0 Å². The first-order valence-corrected chi connectivity index (χ1v) is 14.7. The van der Waals surface area contributed by atoms with Crippen LogP contribution in [0.15, 0.2) is 109 Å². The van der Waals surface area contributed by atoms with Gasteiger partial charge in [0, 0.05) is 0 Å². The van der Waals surface area contributed by atoms with Crippen LogP contribution in [0.2, 0.25) is 0 Å². The van der Waals surface area contributed by atoms with E-state index in [1.54, 1.807) is 0 Å². The standard InChI is InChI=1S/C39H38.2CH3.Hf/c1-5-27-15-9-11-19-33(27)35-21-13-17-29-23-31(25-37(29)35)39(7-3,8-4)32-24-30-18-14-22-36(38(30)26-32)34-20-12-10-16-28(34)6-2;;;/h9-26H,5-8H2,1-4H3;2*1H3;/q-2;2*-1;+4. The van der Waals surface area contributed by atoms with Crippen molar-refractivity contribution in [3.63, 3.8) is 0 Å². The molecule has 1 heteroatoms. The van der Waals surface area contributed by atoms with Crippen LogP contribution < -0.4 is 0 Å². The molecule has 0 aliphatic rings. The van der Waals surface area contributed by atoms with E-state index >= 15 is 0 Å². The zero-order valence-electron chi connectivity index (χ0n) is 26.2. The molecule has 0 atom stereocenters. The molecule has 0 aromatic heterocycles. The molecule has 0 nitrogen and oxygen atoms in total. The van der Waals surface area contributed by atoms with Gasteiger partial charge in [-0.3, -0.25) is 0 Å². The van der Waals surface area contributed by atoms with Crippen molar-refractivity contribution in [1.82, 2.24) is 0 Å².